The number of benzene rings is 1. The number of methoxy groups -OCH3 is 1. The van der Waals surface area contributed by atoms with Gasteiger partial charge in [-0.3, -0.25) is 14.5 Å². The van der Waals surface area contributed by atoms with E-state index in [1.54, 1.807) is 0 Å². The summed E-state index contributed by atoms with van der Waals surface area (Å²) in [6, 6.07) is 1.74. The third-order valence-corrected chi connectivity index (χ3v) is 4.16. The summed E-state index contributed by atoms with van der Waals surface area (Å²) in [6.45, 7) is 3.78. The van der Waals surface area contributed by atoms with Crippen molar-refractivity contribution in [3.8, 4) is 0 Å². The van der Waals surface area contributed by atoms with Crippen LogP contribution in [0.2, 0.25) is 10.0 Å². The lowest BCUT2D eigenvalue weighted by atomic mass is 10.0. The van der Waals surface area contributed by atoms with Crippen molar-refractivity contribution in [3.63, 3.8) is 0 Å². The van der Waals surface area contributed by atoms with E-state index in [4.69, 9.17) is 27.9 Å². The van der Waals surface area contributed by atoms with Crippen molar-refractivity contribution in [2.75, 3.05) is 7.11 Å². The summed E-state index contributed by atoms with van der Waals surface area (Å²) in [5, 5.41) is 0.365. The molecule has 22 heavy (non-hydrogen) atoms. The van der Waals surface area contributed by atoms with E-state index in [9.17, 15) is 14.4 Å². The Balaban J connectivity index is 2.46. The number of halogens is 2. The number of fused-ring (bicyclic) bond motifs is 1. The molecule has 1 aliphatic rings. The predicted octanol–water partition coefficient (Wildman–Crippen LogP) is 3.18. The summed E-state index contributed by atoms with van der Waals surface area (Å²) >= 11 is 11.8. The van der Waals surface area contributed by atoms with Gasteiger partial charge >= 0.3 is 5.97 Å². The lowest BCUT2D eigenvalue weighted by molar-refractivity contribution is -0.145. The fraction of sp³-hybridized carbons (Fsp3) is 0.400. The minimum absolute atomic E-state index is 0.0978. The van der Waals surface area contributed by atoms with Gasteiger partial charge in [-0.25, -0.2) is 4.79 Å². The average molecular weight is 344 g/mol. The Hall–Kier alpha value is -1.59. The first kappa shape index (κ1) is 16.8. The normalized spacial score (nSPS) is 15.3. The zero-order valence-electron chi connectivity index (χ0n) is 12.4. The van der Waals surface area contributed by atoms with Gasteiger partial charge in [-0.05, 0) is 24.5 Å². The van der Waals surface area contributed by atoms with Crippen LogP contribution in [0.15, 0.2) is 12.1 Å². The molecule has 0 aromatic heterocycles. The quantitative estimate of drug-likeness (QED) is 0.622. The molecule has 0 radical (unpaired) electrons. The number of esters is 1. The minimum Gasteiger partial charge on any atom is -0.467 e. The molecule has 118 valence electrons. The second-order valence-corrected chi connectivity index (χ2v) is 6.28. The predicted molar refractivity (Wildman–Crippen MR) is 82.2 cm³/mol. The summed E-state index contributed by atoms with van der Waals surface area (Å²) in [5.41, 5.74) is 0.300. The number of hydrogen-bond donors (Lipinski definition) is 0. The Bertz CT molecular complexity index is 616. The van der Waals surface area contributed by atoms with Gasteiger partial charge in [0.15, 0.2) is 0 Å². The monoisotopic (exact) mass is 343 g/mol. The van der Waals surface area contributed by atoms with Crippen LogP contribution in [0.25, 0.3) is 0 Å². The van der Waals surface area contributed by atoms with Crippen LogP contribution in [0, 0.1) is 5.92 Å². The van der Waals surface area contributed by atoms with Gasteiger partial charge in [0, 0.05) is 0 Å². The van der Waals surface area contributed by atoms with E-state index in [1.807, 2.05) is 13.8 Å². The van der Waals surface area contributed by atoms with Gasteiger partial charge in [-0.1, -0.05) is 37.0 Å². The fourth-order valence-electron chi connectivity index (χ4n) is 2.43. The maximum absolute atomic E-state index is 12.5. The Morgan fingerprint density at radius 1 is 1.14 bits per heavy atom. The van der Waals surface area contributed by atoms with Crippen LogP contribution >= 0.6 is 23.2 Å². The molecule has 1 aliphatic heterocycles. The van der Waals surface area contributed by atoms with Gasteiger partial charge in [-0.15, -0.1) is 0 Å². The van der Waals surface area contributed by atoms with E-state index < -0.39 is 23.8 Å². The molecule has 1 aromatic carbocycles. The van der Waals surface area contributed by atoms with Crippen molar-refractivity contribution in [2.45, 2.75) is 26.3 Å². The van der Waals surface area contributed by atoms with Crippen LogP contribution in [0.5, 0.6) is 0 Å². The summed E-state index contributed by atoms with van der Waals surface area (Å²) in [4.78, 5) is 37.9. The van der Waals surface area contributed by atoms with Crippen LogP contribution in [-0.4, -0.2) is 35.8 Å². The smallest absolute Gasteiger partial charge is 0.329 e. The number of imide groups is 1. The molecule has 2 amide bonds. The number of carbonyl (C=O) groups excluding carboxylic acids is 3. The lowest BCUT2D eigenvalue weighted by Crippen LogP contribution is -2.46. The molecule has 1 heterocycles. The molecule has 1 aromatic rings. The first-order valence-corrected chi connectivity index (χ1v) is 7.48. The van der Waals surface area contributed by atoms with E-state index in [1.165, 1.54) is 19.2 Å². The van der Waals surface area contributed by atoms with Crippen LogP contribution < -0.4 is 0 Å². The van der Waals surface area contributed by atoms with Gasteiger partial charge in [0.1, 0.15) is 6.04 Å². The topological polar surface area (TPSA) is 63.7 Å². The van der Waals surface area contributed by atoms with Gasteiger partial charge in [-0.2, -0.15) is 0 Å². The van der Waals surface area contributed by atoms with Crippen LogP contribution in [0.1, 0.15) is 41.0 Å². The SMILES string of the molecule is COC(=O)C(CC(C)C)N1C(=O)c2cc(Cl)c(Cl)cc2C1=O. The molecule has 7 heteroatoms. The van der Waals surface area contributed by atoms with E-state index in [0.717, 1.165) is 4.90 Å². The highest BCUT2D eigenvalue weighted by Crippen LogP contribution is 2.33. The van der Waals surface area contributed by atoms with Crippen molar-refractivity contribution >= 4 is 41.0 Å². The Morgan fingerprint density at radius 3 is 1.95 bits per heavy atom. The number of nitrogens with zero attached hydrogens (tertiary/aromatic N) is 1. The summed E-state index contributed by atoms with van der Waals surface area (Å²) in [6.07, 6.45) is 0.319. The van der Waals surface area contributed by atoms with Gasteiger partial charge < -0.3 is 4.74 Å². The number of amides is 2. The average Bonchev–Trinajstić information content (AvgIpc) is 2.68. The molecule has 0 saturated carbocycles. The molecule has 5 nitrogen and oxygen atoms in total. The molecule has 0 aliphatic carbocycles. The Morgan fingerprint density at radius 2 is 1.59 bits per heavy atom. The van der Waals surface area contributed by atoms with Crippen molar-refractivity contribution in [1.29, 1.82) is 0 Å². The summed E-state index contributed by atoms with van der Waals surface area (Å²) in [5.74, 6) is -1.65. The van der Waals surface area contributed by atoms with Crippen LogP contribution in [0.4, 0.5) is 0 Å². The van der Waals surface area contributed by atoms with E-state index in [2.05, 4.69) is 0 Å². The zero-order chi connectivity index (χ0) is 16.6. The molecule has 0 fully saturated rings. The third-order valence-electron chi connectivity index (χ3n) is 3.44. The lowest BCUT2D eigenvalue weighted by Gasteiger charge is -2.25. The van der Waals surface area contributed by atoms with Crippen molar-refractivity contribution in [2.24, 2.45) is 5.92 Å². The van der Waals surface area contributed by atoms with Gasteiger partial charge in [0.05, 0.1) is 28.3 Å². The molecule has 0 spiro atoms. The fourth-order valence-corrected chi connectivity index (χ4v) is 2.75. The molecule has 2 rings (SSSR count). The number of carbonyl (C=O) groups is 3. The molecule has 0 saturated heterocycles. The molecule has 1 atom stereocenters. The first-order valence-electron chi connectivity index (χ1n) is 6.72. The Labute approximate surface area is 138 Å². The third kappa shape index (κ3) is 2.83. The number of hydrogen-bond acceptors (Lipinski definition) is 4. The molecule has 1 unspecified atom stereocenters. The maximum Gasteiger partial charge on any atom is 0.329 e. The highest BCUT2D eigenvalue weighted by atomic mass is 35.5. The van der Waals surface area contributed by atoms with E-state index >= 15 is 0 Å². The minimum atomic E-state index is -0.963. The number of rotatable bonds is 4. The second-order valence-electron chi connectivity index (χ2n) is 5.46. The van der Waals surface area contributed by atoms with Crippen LogP contribution in [0.3, 0.4) is 0 Å². The Kier molecular flexibility index (Phi) is 4.78. The largest absolute Gasteiger partial charge is 0.467 e. The van der Waals surface area contributed by atoms with Crippen molar-refractivity contribution in [1.82, 2.24) is 4.90 Å². The summed E-state index contributed by atoms with van der Waals surface area (Å²) in [7, 11) is 1.22. The summed E-state index contributed by atoms with van der Waals surface area (Å²) < 4.78 is 4.73. The number of ether oxygens (including phenoxy) is 1. The molecule has 0 N–H and O–H groups in total. The van der Waals surface area contributed by atoms with Gasteiger partial charge in [0.2, 0.25) is 0 Å². The van der Waals surface area contributed by atoms with E-state index in [-0.39, 0.29) is 27.1 Å². The van der Waals surface area contributed by atoms with Crippen molar-refractivity contribution in [3.05, 3.63) is 33.3 Å². The van der Waals surface area contributed by atoms with Crippen molar-refractivity contribution < 1.29 is 19.1 Å². The van der Waals surface area contributed by atoms with Gasteiger partial charge in [0.25, 0.3) is 11.8 Å². The van der Waals surface area contributed by atoms with E-state index in [0.29, 0.717) is 6.42 Å². The highest BCUT2D eigenvalue weighted by molar-refractivity contribution is 6.43. The maximum atomic E-state index is 12.5. The zero-order valence-corrected chi connectivity index (χ0v) is 13.9. The molecular formula is C15H15Cl2NO4. The first-order chi connectivity index (χ1) is 10.3. The van der Waals surface area contributed by atoms with Crippen LogP contribution in [-0.2, 0) is 9.53 Å². The second kappa shape index (κ2) is 6.26. The standard InChI is InChI=1S/C15H15Cl2NO4/c1-7(2)4-12(15(21)22-3)18-13(19)8-5-10(16)11(17)6-9(8)14(18)20/h5-7,12H,4H2,1-3H3. The molecule has 0 bridgehead atoms. The molecular weight excluding hydrogens is 329 g/mol. The highest BCUT2D eigenvalue weighted by Gasteiger charge is 2.43.